The molecule has 0 aliphatic carbocycles. The van der Waals surface area contributed by atoms with Gasteiger partial charge < -0.3 is 19.9 Å². The number of pyridine rings is 1. The normalized spacial score (nSPS) is 16.7. The van der Waals surface area contributed by atoms with Crippen molar-refractivity contribution in [2.75, 3.05) is 18.0 Å². The van der Waals surface area contributed by atoms with E-state index in [9.17, 15) is 4.79 Å². The van der Waals surface area contributed by atoms with Crippen molar-refractivity contribution < 1.29 is 4.79 Å². The minimum atomic E-state index is -0.140. The molecular weight excluding hydrogens is 338 g/mol. The van der Waals surface area contributed by atoms with Gasteiger partial charge in [0.15, 0.2) is 0 Å². The Kier molecular flexibility index (Phi) is 4.71. The molecule has 140 valence electrons. The molecule has 1 fully saturated rings. The molecular formula is C21H25N5O. The van der Waals surface area contributed by atoms with Crippen LogP contribution in [0.15, 0.2) is 48.8 Å². The first kappa shape index (κ1) is 17.4. The van der Waals surface area contributed by atoms with Gasteiger partial charge in [-0.2, -0.15) is 0 Å². The highest BCUT2D eigenvalue weighted by atomic mass is 16.2. The van der Waals surface area contributed by atoms with Crippen molar-refractivity contribution in [3.63, 3.8) is 0 Å². The number of fused-ring (bicyclic) bond motifs is 1. The number of urea groups is 1. The van der Waals surface area contributed by atoms with Crippen LogP contribution >= 0.6 is 0 Å². The van der Waals surface area contributed by atoms with Gasteiger partial charge >= 0.3 is 6.03 Å². The summed E-state index contributed by atoms with van der Waals surface area (Å²) in [5.74, 6) is 0. The molecule has 1 aliphatic heterocycles. The molecule has 1 unspecified atom stereocenters. The summed E-state index contributed by atoms with van der Waals surface area (Å²) in [6.45, 7) is 6.35. The zero-order chi connectivity index (χ0) is 18.8. The largest absolute Gasteiger partial charge is 0.369 e. The molecule has 2 aromatic heterocycles. The monoisotopic (exact) mass is 363 g/mol. The average molecular weight is 363 g/mol. The highest BCUT2D eigenvalue weighted by Crippen LogP contribution is 2.20. The van der Waals surface area contributed by atoms with Crippen LogP contribution in [0.25, 0.3) is 5.65 Å². The van der Waals surface area contributed by atoms with E-state index in [0.29, 0.717) is 6.54 Å². The number of nitrogens with zero attached hydrogens (tertiary/aromatic N) is 3. The summed E-state index contributed by atoms with van der Waals surface area (Å²) in [5.41, 5.74) is 5.39. The number of benzene rings is 1. The van der Waals surface area contributed by atoms with Crippen molar-refractivity contribution in [2.24, 2.45) is 0 Å². The van der Waals surface area contributed by atoms with Crippen molar-refractivity contribution >= 4 is 17.4 Å². The first-order valence-electron chi connectivity index (χ1n) is 9.37. The number of carbonyl (C=O) groups is 1. The molecule has 0 bridgehead atoms. The standard InChI is InChI=1S/C21H25N5O/c1-15-3-5-19(6-4-15)25-10-8-17(13-25)24-21(27)22-12-18-14-26-9-7-16(2)11-20(26)23-18/h3-7,9,11,14,17H,8,10,12-13H2,1-2H3,(H2,22,24,27). The van der Waals surface area contributed by atoms with Crippen molar-refractivity contribution in [3.8, 4) is 0 Å². The third kappa shape index (κ3) is 4.05. The summed E-state index contributed by atoms with van der Waals surface area (Å²) < 4.78 is 1.97. The zero-order valence-corrected chi connectivity index (χ0v) is 15.8. The molecule has 1 atom stereocenters. The lowest BCUT2D eigenvalue weighted by atomic mass is 10.2. The number of hydrogen-bond donors (Lipinski definition) is 2. The van der Waals surface area contributed by atoms with Gasteiger partial charge in [0.05, 0.1) is 12.2 Å². The molecule has 3 heterocycles. The highest BCUT2D eigenvalue weighted by Gasteiger charge is 2.24. The van der Waals surface area contributed by atoms with Crippen LogP contribution in [0.5, 0.6) is 0 Å². The Labute approximate surface area is 159 Å². The minimum absolute atomic E-state index is 0.140. The highest BCUT2D eigenvalue weighted by molar-refractivity contribution is 5.74. The predicted octanol–water partition coefficient (Wildman–Crippen LogP) is 3.03. The second-order valence-corrected chi connectivity index (χ2v) is 7.30. The molecule has 4 rings (SSSR count). The van der Waals surface area contributed by atoms with E-state index in [-0.39, 0.29) is 12.1 Å². The fourth-order valence-electron chi connectivity index (χ4n) is 3.50. The molecule has 1 aliphatic rings. The van der Waals surface area contributed by atoms with Crippen molar-refractivity contribution in [3.05, 3.63) is 65.6 Å². The number of imidazole rings is 1. The number of aryl methyl sites for hydroxylation is 2. The molecule has 6 heteroatoms. The molecule has 2 N–H and O–H groups in total. The maximum atomic E-state index is 12.3. The minimum Gasteiger partial charge on any atom is -0.369 e. The van der Waals surface area contributed by atoms with Gasteiger partial charge in [-0.25, -0.2) is 9.78 Å². The van der Waals surface area contributed by atoms with Crippen LogP contribution in [0.1, 0.15) is 23.2 Å². The number of carbonyl (C=O) groups excluding carboxylic acids is 1. The zero-order valence-electron chi connectivity index (χ0n) is 15.8. The molecule has 1 saturated heterocycles. The van der Waals surface area contributed by atoms with Crippen LogP contribution < -0.4 is 15.5 Å². The number of amides is 2. The smallest absolute Gasteiger partial charge is 0.315 e. The molecule has 0 radical (unpaired) electrons. The molecule has 0 spiro atoms. The molecule has 3 aromatic rings. The van der Waals surface area contributed by atoms with E-state index in [1.807, 2.05) is 35.9 Å². The number of hydrogen-bond acceptors (Lipinski definition) is 3. The summed E-state index contributed by atoms with van der Waals surface area (Å²) in [6.07, 6.45) is 4.89. The molecule has 0 saturated carbocycles. The van der Waals surface area contributed by atoms with E-state index < -0.39 is 0 Å². The van der Waals surface area contributed by atoms with Crippen LogP contribution in [0.3, 0.4) is 0 Å². The van der Waals surface area contributed by atoms with Gasteiger partial charge in [-0.05, 0) is 50.1 Å². The second-order valence-electron chi connectivity index (χ2n) is 7.30. The number of anilines is 1. The van der Waals surface area contributed by atoms with Gasteiger partial charge in [0.2, 0.25) is 0 Å². The summed E-state index contributed by atoms with van der Waals surface area (Å²) in [4.78, 5) is 19.1. The first-order chi connectivity index (χ1) is 13.1. The quantitative estimate of drug-likeness (QED) is 0.749. The summed E-state index contributed by atoms with van der Waals surface area (Å²) in [5, 5.41) is 6.00. The van der Waals surface area contributed by atoms with Gasteiger partial charge in [-0.3, -0.25) is 0 Å². The average Bonchev–Trinajstić information content (AvgIpc) is 3.27. The summed E-state index contributed by atoms with van der Waals surface area (Å²) in [7, 11) is 0. The van der Waals surface area contributed by atoms with E-state index in [1.54, 1.807) is 0 Å². The fourth-order valence-corrected chi connectivity index (χ4v) is 3.50. The number of aromatic nitrogens is 2. The molecule has 1 aromatic carbocycles. The van der Waals surface area contributed by atoms with Gasteiger partial charge in [0.1, 0.15) is 5.65 Å². The lowest BCUT2D eigenvalue weighted by Crippen LogP contribution is -2.43. The Hall–Kier alpha value is -3.02. The molecule has 2 amide bonds. The van der Waals surface area contributed by atoms with E-state index in [2.05, 4.69) is 51.7 Å². The van der Waals surface area contributed by atoms with Crippen molar-refractivity contribution in [1.29, 1.82) is 0 Å². The van der Waals surface area contributed by atoms with Gasteiger partial charge in [0.25, 0.3) is 0 Å². The van der Waals surface area contributed by atoms with Crippen LogP contribution in [-0.4, -0.2) is 34.5 Å². The van der Waals surface area contributed by atoms with E-state index >= 15 is 0 Å². The number of rotatable bonds is 4. The topological polar surface area (TPSA) is 61.7 Å². The summed E-state index contributed by atoms with van der Waals surface area (Å²) in [6, 6.07) is 12.6. The molecule has 27 heavy (non-hydrogen) atoms. The second kappa shape index (κ2) is 7.31. The van der Waals surface area contributed by atoms with Crippen molar-refractivity contribution in [2.45, 2.75) is 32.9 Å². The Bertz CT molecular complexity index is 947. The van der Waals surface area contributed by atoms with Gasteiger partial charge in [-0.1, -0.05) is 17.7 Å². The Morgan fingerprint density at radius 1 is 1.19 bits per heavy atom. The third-order valence-corrected chi connectivity index (χ3v) is 5.02. The van der Waals surface area contributed by atoms with Crippen LogP contribution in [0.2, 0.25) is 0 Å². The maximum Gasteiger partial charge on any atom is 0.315 e. The van der Waals surface area contributed by atoms with Crippen LogP contribution in [-0.2, 0) is 6.54 Å². The summed E-state index contributed by atoms with van der Waals surface area (Å²) >= 11 is 0. The Balaban J connectivity index is 1.28. The first-order valence-corrected chi connectivity index (χ1v) is 9.37. The Morgan fingerprint density at radius 3 is 2.81 bits per heavy atom. The predicted molar refractivity (Wildman–Crippen MR) is 107 cm³/mol. The lowest BCUT2D eigenvalue weighted by molar-refractivity contribution is 0.237. The van der Waals surface area contributed by atoms with Crippen LogP contribution in [0.4, 0.5) is 10.5 Å². The van der Waals surface area contributed by atoms with E-state index in [0.717, 1.165) is 30.9 Å². The third-order valence-electron chi connectivity index (χ3n) is 5.02. The van der Waals surface area contributed by atoms with Crippen molar-refractivity contribution in [1.82, 2.24) is 20.0 Å². The van der Waals surface area contributed by atoms with Gasteiger partial charge in [-0.15, -0.1) is 0 Å². The fraction of sp³-hybridized carbons (Fsp3) is 0.333. The SMILES string of the molecule is Cc1ccc(N2CCC(NC(=O)NCc3cn4ccc(C)cc4n3)C2)cc1. The number of nitrogens with one attached hydrogen (secondary N) is 2. The lowest BCUT2D eigenvalue weighted by Gasteiger charge is -2.19. The Morgan fingerprint density at radius 2 is 2.00 bits per heavy atom. The maximum absolute atomic E-state index is 12.3. The van der Waals surface area contributed by atoms with E-state index in [4.69, 9.17) is 0 Å². The molecule has 6 nitrogen and oxygen atoms in total. The van der Waals surface area contributed by atoms with Gasteiger partial charge in [0, 0.05) is 37.2 Å². The van der Waals surface area contributed by atoms with Crippen LogP contribution in [0, 0.1) is 13.8 Å². The van der Waals surface area contributed by atoms with E-state index in [1.165, 1.54) is 16.8 Å².